The number of hydrogen-bond acceptors (Lipinski definition) is 15. The van der Waals surface area contributed by atoms with E-state index in [1.54, 1.807) is 0 Å². The molecule has 0 amide bonds. The minimum absolute atomic E-state index is 0.108. The standard InChI is InChI=1S/C75H146O17P2/c1-7-9-11-13-15-17-18-23-27-35-41-47-53-59-74(79)91-70(63-85-72(77)57-51-45-39-31-16-14-12-10-8-2)65-89-93(81,82)87-61-69(76)62-88-94(83,84)90-66-71(64-86-73(78)58-52-46-40-34-30-29-33-38-44-50-56-68(5)6)92-75(80)60-54-48-42-36-28-25-22-20-19-21-24-26-32-37-43-49-55-67(3)4/h67-71,76H,7-66H2,1-6H3,(H,81,82)(H,83,84)/t69-,70+,71+/m0/s1. The van der Waals surface area contributed by atoms with Gasteiger partial charge in [-0.3, -0.25) is 37.3 Å². The number of aliphatic hydroxyl groups excluding tert-OH is 1. The van der Waals surface area contributed by atoms with Crippen molar-refractivity contribution in [2.45, 2.75) is 407 Å². The molecule has 0 aliphatic rings. The molecule has 5 atom stereocenters. The zero-order valence-electron chi connectivity index (χ0n) is 61.3. The molecule has 0 spiro atoms. The van der Waals surface area contributed by atoms with Gasteiger partial charge in [0.05, 0.1) is 26.4 Å². The Labute approximate surface area is 575 Å². The molecule has 0 aliphatic carbocycles. The maximum absolute atomic E-state index is 13.1. The van der Waals surface area contributed by atoms with Crippen LogP contribution in [0.4, 0.5) is 0 Å². The van der Waals surface area contributed by atoms with Gasteiger partial charge in [-0.1, -0.05) is 337 Å². The second kappa shape index (κ2) is 66.9. The van der Waals surface area contributed by atoms with Gasteiger partial charge in [0.2, 0.25) is 0 Å². The summed E-state index contributed by atoms with van der Waals surface area (Å²) in [7, 11) is -9.91. The quantitative estimate of drug-likeness (QED) is 0.0222. The van der Waals surface area contributed by atoms with Gasteiger partial charge in [0.15, 0.2) is 12.2 Å². The predicted octanol–water partition coefficient (Wildman–Crippen LogP) is 21.9. The van der Waals surface area contributed by atoms with Crippen LogP contribution in [0.2, 0.25) is 0 Å². The molecule has 19 heteroatoms. The summed E-state index contributed by atoms with van der Waals surface area (Å²) in [5.41, 5.74) is 0. The first-order chi connectivity index (χ1) is 45.4. The van der Waals surface area contributed by atoms with Crippen LogP contribution in [-0.4, -0.2) is 96.7 Å². The Morgan fingerprint density at radius 3 is 0.723 bits per heavy atom. The molecule has 17 nitrogen and oxygen atoms in total. The second-order valence-electron chi connectivity index (χ2n) is 28.0. The van der Waals surface area contributed by atoms with E-state index in [-0.39, 0.29) is 25.7 Å². The Bertz CT molecular complexity index is 1820. The van der Waals surface area contributed by atoms with Crippen molar-refractivity contribution in [3.8, 4) is 0 Å². The van der Waals surface area contributed by atoms with E-state index in [4.69, 9.17) is 37.0 Å². The summed E-state index contributed by atoms with van der Waals surface area (Å²) in [6.45, 7) is 9.60. The van der Waals surface area contributed by atoms with Crippen LogP contribution in [0.5, 0.6) is 0 Å². The van der Waals surface area contributed by atoms with Gasteiger partial charge in [0.25, 0.3) is 0 Å². The van der Waals surface area contributed by atoms with Crippen molar-refractivity contribution in [3.63, 3.8) is 0 Å². The van der Waals surface area contributed by atoms with E-state index in [9.17, 15) is 43.2 Å². The maximum Gasteiger partial charge on any atom is 0.472 e. The number of phosphoric ester groups is 2. The monoisotopic (exact) mass is 1380 g/mol. The molecule has 0 rings (SSSR count). The van der Waals surface area contributed by atoms with Crippen LogP contribution in [0, 0.1) is 11.8 Å². The van der Waals surface area contributed by atoms with Crippen molar-refractivity contribution in [1.82, 2.24) is 0 Å². The van der Waals surface area contributed by atoms with E-state index in [1.807, 2.05) is 0 Å². The Kier molecular flexibility index (Phi) is 65.5. The van der Waals surface area contributed by atoms with E-state index < -0.39 is 97.5 Å². The third-order valence-electron chi connectivity index (χ3n) is 17.5. The molecular weight excluding hydrogens is 1230 g/mol. The lowest BCUT2D eigenvalue weighted by molar-refractivity contribution is -0.161. The van der Waals surface area contributed by atoms with Gasteiger partial charge in [-0.15, -0.1) is 0 Å². The smallest absolute Gasteiger partial charge is 0.462 e. The number of ether oxygens (including phenoxy) is 4. The minimum atomic E-state index is -4.96. The molecule has 2 unspecified atom stereocenters. The van der Waals surface area contributed by atoms with Gasteiger partial charge < -0.3 is 33.8 Å². The molecule has 0 heterocycles. The van der Waals surface area contributed by atoms with E-state index in [2.05, 4.69) is 41.5 Å². The molecule has 0 fully saturated rings. The molecule has 0 saturated carbocycles. The van der Waals surface area contributed by atoms with Crippen molar-refractivity contribution in [2.75, 3.05) is 39.6 Å². The number of carbonyl (C=O) groups is 4. The summed E-state index contributed by atoms with van der Waals surface area (Å²) >= 11 is 0. The summed E-state index contributed by atoms with van der Waals surface area (Å²) in [6.07, 6.45) is 54.0. The van der Waals surface area contributed by atoms with Crippen molar-refractivity contribution in [2.24, 2.45) is 11.8 Å². The SMILES string of the molecule is CCCCCCCCCCCCCCCC(=O)O[C@H](COC(=O)CCCCCCCCCCC)COP(=O)(O)OC[C@H](O)COP(=O)(O)OC[C@@H](COC(=O)CCCCCCCCCCCCC(C)C)OC(=O)CCCCCCCCCCCCCCCCCCC(C)C. The number of esters is 4. The Balaban J connectivity index is 5.22. The molecule has 0 bridgehead atoms. The van der Waals surface area contributed by atoms with Gasteiger partial charge in [0, 0.05) is 25.7 Å². The van der Waals surface area contributed by atoms with Crippen molar-refractivity contribution in [3.05, 3.63) is 0 Å². The normalized spacial score (nSPS) is 14.0. The van der Waals surface area contributed by atoms with Gasteiger partial charge in [-0.05, 0) is 37.5 Å². The zero-order valence-corrected chi connectivity index (χ0v) is 63.1. The van der Waals surface area contributed by atoms with E-state index in [1.165, 1.54) is 205 Å². The van der Waals surface area contributed by atoms with Crippen molar-refractivity contribution < 1.29 is 80.2 Å². The Morgan fingerprint density at radius 2 is 0.489 bits per heavy atom. The van der Waals surface area contributed by atoms with Crippen molar-refractivity contribution >= 4 is 39.5 Å². The van der Waals surface area contributed by atoms with Crippen LogP contribution in [0.25, 0.3) is 0 Å². The highest BCUT2D eigenvalue weighted by Gasteiger charge is 2.30. The van der Waals surface area contributed by atoms with E-state index in [0.29, 0.717) is 25.7 Å². The number of hydrogen-bond donors (Lipinski definition) is 3. The maximum atomic E-state index is 13.1. The molecule has 0 radical (unpaired) electrons. The van der Waals surface area contributed by atoms with Crippen LogP contribution in [0.1, 0.15) is 388 Å². The lowest BCUT2D eigenvalue weighted by atomic mass is 10.0. The summed E-state index contributed by atoms with van der Waals surface area (Å²) in [6, 6.07) is 0. The van der Waals surface area contributed by atoms with Gasteiger partial charge >= 0.3 is 39.5 Å². The number of aliphatic hydroxyl groups is 1. The fourth-order valence-electron chi connectivity index (χ4n) is 11.5. The van der Waals surface area contributed by atoms with E-state index >= 15 is 0 Å². The zero-order chi connectivity index (χ0) is 69.3. The molecule has 0 aromatic carbocycles. The van der Waals surface area contributed by atoms with Crippen LogP contribution in [0.3, 0.4) is 0 Å². The third-order valence-corrected chi connectivity index (χ3v) is 19.4. The summed E-state index contributed by atoms with van der Waals surface area (Å²) < 4.78 is 68.5. The molecule has 0 aromatic heterocycles. The van der Waals surface area contributed by atoms with Crippen LogP contribution in [0.15, 0.2) is 0 Å². The summed E-state index contributed by atoms with van der Waals surface area (Å²) in [4.78, 5) is 72.7. The Hall–Kier alpha value is -1.94. The van der Waals surface area contributed by atoms with Gasteiger partial charge in [-0.25, -0.2) is 9.13 Å². The largest absolute Gasteiger partial charge is 0.472 e. The molecule has 0 saturated heterocycles. The lowest BCUT2D eigenvalue weighted by Crippen LogP contribution is -2.30. The summed E-state index contributed by atoms with van der Waals surface area (Å²) in [5.74, 6) is -0.549. The number of carbonyl (C=O) groups excluding carboxylic acids is 4. The van der Waals surface area contributed by atoms with Crippen LogP contribution < -0.4 is 0 Å². The Morgan fingerprint density at radius 1 is 0.287 bits per heavy atom. The average molecular weight is 1380 g/mol. The fourth-order valence-corrected chi connectivity index (χ4v) is 13.1. The van der Waals surface area contributed by atoms with Crippen LogP contribution >= 0.6 is 15.6 Å². The summed E-state index contributed by atoms with van der Waals surface area (Å²) in [5, 5.41) is 10.6. The van der Waals surface area contributed by atoms with Gasteiger partial charge in [0.1, 0.15) is 19.3 Å². The lowest BCUT2D eigenvalue weighted by Gasteiger charge is -2.21. The van der Waals surface area contributed by atoms with Gasteiger partial charge in [-0.2, -0.15) is 0 Å². The fraction of sp³-hybridized carbons (Fsp3) is 0.947. The topological polar surface area (TPSA) is 237 Å². The second-order valence-corrected chi connectivity index (χ2v) is 30.9. The highest BCUT2D eigenvalue weighted by molar-refractivity contribution is 7.47. The molecule has 0 aromatic rings. The number of rotatable bonds is 74. The molecule has 0 aliphatic heterocycles. The minimum Gasteiger partial charge on any atom is -0.462 e. The first-order valence-corrected chi connectivity index (χ1v) is 42.0. The number of unbranched alkanes of at least 4 members (excludes halogenated alkanes) is 44. The first-order valence-electron chi connectivity index (χ1n) is 39.0. The molecular formula is C75H146O17P2. The highest BCUT2D eigenvalue weighted by Crippen LogP contribution is 2.45. The third kappa shape index (κ3) is 68.6. The van der Waals surface area contributed by atoms with Crippen LogP contribution in [-0.2, 0) is 65.4 Å². The predicted molar refractivity (Wildman–Crippen MR) is 381 cm³/mol. The van der Waals surface area contributed by atoms with E-state index in [0.717, 1.165) is 102 Å². The van der Waals surface area contributed by atoms with Crippen molar-refractivity contribution in [1.29, 1.82) is 0 Å². The molecule has 3 N–H and O–H groups in total. The molecule has 558 valence electrons. The first kappa shape index (κ1) is 92.1. The number of phosphoric acid groups is 2. The average Bonchev–Trinajstić information content (AvgIpc) is 1.50. The molecule has 94 heavy (non-hydrogen) atoms. The highest BCUT2D eigenvalue weighted by atomic mass is 31.2.